The Morgan fingerprint density at radius 1 is 0.897 bits per heavy atom. The van der Waals surface area contributed by atoms with Crippen LogP contribution in [0, 0.1) is 22.6 Å². The van der Waals surface area contributed by atoms with Crippen molar-refractivity contribution in [3.8, 4) is 17.2 Å². The summed E-state index contributed by atoms with van der Waals surface area (Å²) in [5.74, 6) is -0.562. The third-order valence-electron chi connectivity index (χ3n) is 8.44. The van der Waals surface area contributed by atoms with Crippen molar-refractivity contribution in [1.82, 2.24) is 0 Å². The van der Waals surface area contributed by atoms with E-state index in [4.69, 9.17) is 4.74 Å². The summed E-state index contributed by atoms with van der Waals surface area (Å²) in [7, 11) is 0. The summed E-state index contributed by atoms with van der Waals surface area (Å²) in [6.45, 7) is 4.43. The summed E-state index contributed by atoms with van der Waals surface area (Å²) in [5.41, 5.74) is 2.57. The van der Waals surface area contributed by atoms with E-state index in [2.05, 4.69) is 19.9 Å². The lowest BCUT2D eigenvalue weighted by atomic mass is 9.71. The Bertz CT molecular complexity index is 1050. The van der Waals surface area contributed by atoms with Crippen LogP contribution in [0.1, 0.15) is 133 Å². The molecule has 212 valence electrons. The largest absolute Gasteiger partial charge is 0.459 e. The Morgan fingerprint density at radius 2 is 1.51 bits per heavy atom. The van der Waals surface area contributed by atoms with Crippen LogP contribution >= 0.6 is 0 Å². The van der Waals surface area contributed by atoms with Gasteiger partial charge in [-0.25, -0.2) is 9.18 Å². The van der Waals surface area contributed by atoms with Crippen LogP contribution in [0.2, 0.25) is 0 Å². The van der Waals surface area contributed by atoms with E-state index in [-0.39, 0.29) is 23.3 Å². The number of benzene rings is 2. The lowest BCUT2D eigenvalue weighted by molar-refractivity contribution is 0.0105. The van der Waals surface area contributed by atoms with Crippen molar-refractivity contribution in [1.29, 1.82) is 5.26 Å². The molecule has 2 aromatic rings. The summed E-state index contributed by atoms with van der Waals surface area (Å²) in [4.78, 5) is 12.8. The fraction of sp³-hybridized carbons (Fsp3) is 0.600. The molecule has 0 amide bonds. The van der Waals surface area contributed by atoms with Gasteiger partial charge in [0.25, 0.3) is 0 Å². The first-order valence-electron chi connectivity index (χ1n) is 15.5. The van der Waals surface area contributed by atoms with Crippen molar-refractivity contribution in [2.24, 2.45) is 5.41 Å². The van der Waals surface area contributed by atoms with E-state index >= 15 is 0 Å². The molecule has 0 spiro atoms. The maximum Gasteiger partial charge on any atom is 0.338 e. The fourth-order valence-corrected chi connectivity index (χ4v) is 5.81. The van der Waals surface area contributed by atoms with E-state index in [0.29, 0.717) is 11.1 Å². The first-order valence-corrected chi connectivity index (χ1v) is 15.5. The zero-order valence-electron chi connectivity index (χ0n) is 24.3. The van der Waals surface area contributed by atoms with E-state index in [1.54, 1.807) is 30.3 Å². The predicted molar refractivity (Wildman–Crippen MR) is 158 cm³/mol. The van der Waals surface area contributed by atoms with Crippen LogP contribution in [-0.2, 0) is 11.2 Å². The van der Waals surface area contributed by atoms with Gasteiger partial charge in [0.15, 0.2) is 0 Å². The van der Waals surface area contributed by atoms with Gasteiger partial charge in [-0.15, -0.1) is 0 Å². The molecule has 39 heavy (non-hydrogen) atoms. The average Bonchev–Trinajstić information content (AvgIpc) is 2.96. The molecule has 0 radical (unpaired) electrons. The zero-order chi connectivity index (χ0) is 27.9. The van der Waals surface area contributed by atoms with Crippen LogP contribution in [0.5, 0.6) is 0 Å². The fourth-order valence-electron chi connectivity index (χ4n) is 5.81. The standard InChI is InChI=1S/C35H48FNO2/c1-3-5-7-9-10-12-14-28-15-20-32(33(36)26-28)29-16-18-30(19-17-29)34(38)39-31-21-24-35(27-37,25-22-31)23-13-11-8-6-4-2/h15-20,26,31H,3-14,21-25H2,1-2H3. The molecule has 1 aliphatic rings. The molecular formula is C35H48FNO2. The number of rotatable bonds is 16. The van der Waals surface area contributed by atoms with Gasteiger partial charge in [0, 0.05) is 5.56 Å². The number of carbonyl (C=O) groups excluding carboxylic acids is 1. The lowest BCUT2D eigenvalue weighted by Gasteiger charge is -2.34. The van der Waals surface area contributed by atoms with Gasteiger partial charge in [-0.2, -0.15) is 5.26 Å². The normalized spacial score (nSPS) is 19.0. The Kier molecular flexibility index (Phi) is 13.0. The summed E-state index contributed by atoms with van der Waals surface area (Å²) in [5, 5.41) is 9.83. The van der Waals surface area contributed by atoms with Crippen LogP contribution in [-0.4, -0.2) is 12.1 Å². The highest BCUT2D eigenvalue weighted by atomic mass is 19.1. The lowest BCUT2D eigenvalue weighted by Crippen LogP contribution is -2.31. The van der Waals surface area contributed by atoms with Crippen molar-refractivity contribution in [3.63, 3.8) is 0 Å². The number of hydrogen-bond acceptors (Lipinski definition) is 3. The maximum atomic E-state index is 14.9. The van der Waals surface area contributed by atoms with Crippen molar-refractivity contribution < 1.29 is 13.9 Å². The highest BCUT2D eigenvalue weighted by Crippen LogP contribution is 2.41. The third-order valence-corrected chi connectivity index (χ3v) is 8.44. The zero-order valence-corrected chi connectivity index (χ0v) is 24.3. The molecule has 0 bridgehead atoms. The molecule has 0 N–H and O–H groups in total. The first-order chi connectivity index (χ1) is 19.0. The number of nitriles is 1. The molecule has 0 aromatic heterocycles. The molecular weight excluding hydrogens is 485 g/mol. The van der Waals surface area contributed by atoms with E-state index in [1.165, 1.54) is 57.8 Å². The Hall–Kier alpha value is -2.67. The molecule has 2 aromatic carbocycles. The predicted octanol–water partition coefficient (Wildman–Crippen LogP) is 10.4. The summed E-state index contributed by atoms with van der Waals surface area (Å²) in [6.07, 6.45) is 18.2. The summed E-state index contributed by atoms with van der Waals surface area (Å²) in [6, 6.07) is 15.1. The molecule has 0 atom stereocenters. The van der Waals surface area contributed by atoms with Crippen molar-refractivity contribution in [2.75, 3.05) is 0 Å². The number of nitrogens with zero attached hydrogens (tertiary/aromatic N) is 1. The number of unbranched alkanes of at least 4 members (excludes halogenated alkanes) is 9. The van der Waals surface area contributed by atoms with Gasteiger partial charge in [0.2, 0.25) is 0 Å². The Balaban J connectivity index is 1.47. The van der Waals surface area contributed by atoms with Crippen LogP contribution in [0.25, 0.3) is 11.1 Å². The Morgan fingerprint density at radius 3 is 2.13 bits per heavy atom. The van der Waals surface area contributed by atoms with Gasteiger partial charge < -0.3 is 4.74 Å². The van der Waals surface area contributed by atoms with Gasteiger partial charge in [-0.3, -0.25) is 0 Å². The highest BCUT2D eigenvalue weighted by molar-refractivity contribution is 5.90. The summed E-state index contributed by atoms with van der Waals surface area (Å²) < 4.78 is 20.7. The van der Waals surface area contributed by atoms with Crippen LogP contribution in [0.4, 0.5) is 4.39 Å². The van der Waals surface area contributed by atoms with Gasteiger partial charge in [0.05, 0.1) is 17.0 Å². The minimum atomic E-state index is -0.342. The molecule has 0 heterocycles. The number of hydrogen-bond donors (Lipinski definition) is 0. The highest BCUT2D eigenvalue weighted by Gasteiger charge is 2.36. The average molecular weight is 534 g/mol. The Labute approximate surface area is 236 Å². The molecule has 4 heteroatoms. The molecule has 3 nitrogen and oxygen atoms in total. The molecule has 3 rings (SSSR count). The molecule has 1 fully saturated rings. The van der Waals surface area contributed by atoms with Crippen molar-refractivity contribution in [3.05, 3.63) is 59.4 Å². The van der Waals surface area contributed by atoms with E-state index in [9.17, 15) is 14.4 Å². The number of carbonyl (C=O) groups is 1. The monoisotopic (exact) mass is 533 g/mol. The van der Waals surface area contributed by atoms with Gasteiger partial charge in [0.1, 0.15) is 11.9 Å². The first kappa shape index (κ1) is 30.9. The van der Waals surface area contributed by atoms with E-state index in [0.717, 1.165) is 62.5 Å². The topological polar surface area (TPSA) is 50.1 Å². The molecule has 0 aliphatic heterocycles. The van der Waals surface area contributed by atoms with Gasteiger partial charge in [-0.05, 0) is 74.3 Å². The minimum absolute atomic E-state index is 0.143. The van der Waals surface area contributed by atoms with E-state index < -0.39 is 0 Å². The van der Waals surface area contributed by atoms with Crippen LogP contribution in [0.3, 0.4) is 0 Å². The smallest absolute Gasteiger partial charge is 0.338 e. The molecule has 0 unspecified atom stereocenters. The number of halogens is 1. The third kappa shape index (κ3) is 9.79. The maximum absolute atomic E-state index is 14.9. The van der Waals surface area contributed by atoms with Gasteiger partial charge in [-0.1, -0.05) is 102 Å². The number of ether oxygens (including phenoxy) is 1. The van der Waals surface area contributed by atoms with Crippen molar-refractivity contribution in [2.45, 2.75) is 129 Å². The second-order valence-electron chi connectivity index (χ2n) is 11.6. The second-order valence-corrected chi connectivity index (χ2v) is 11.6. The van der Waals surface area contributed by atoms with Gasteiger partial charge >= 0.3 is 5.97 Å². The minimum Gasteiger partial charge on any atom is -0.459 e. The van der Waals surface area contributed by atoms with Crippen LogP contribution < -0.4 is 0 Å². The second kappa shape index (κ2) is 16.4. The summed E-state index contributed by atoms with van der Waals surface area (Å²) >= 11 is 0. The van der Waals surface area contributed by atoms with E-state index in [1.807, 2.05) is 12.1 Å². The quantitative estimate of drug-likeness (QED) is 0.159. The SMILES string of the molecule is CCCCCCCCc1ccc(-c2ccc(C(=O)OC3CCC(C#N)(CCCCCCC)CC3)cc2)c(F)c1. The molecule has 1 saturated carbocycles. The molecule has 0 saturated heterocycles. The van der Waals surface area contributed by atoms with Crippen molar-refractivity contribution >= 4 is 5.97 Å². The van der Waals surface area contributed by atoms with Crippen LogP contribution in [0.15, 0.2) is 42.5 Å². The number of esters is 1. The molecule has 1 aliphatic carbocycles. The number of aryl methyl sites for hydroxylation is 1.